The standard InChI is InChI=1S/C24H25N2OSi/c1-14-8-7-9-16-10-19-22(15(2)21(14)16)24-23-18(25-13-26(24)3)11-17(28(4,5)6)12-20(23)27-19/h7-13H,1-6H3/q+1. The summed E-state index contributed by atoms with van der Waals surface area (Å²) in [5.74, 6) is 1.88. The van der Waals surface area contributed by atoms with E-state index >= 15 is 0 Å². The number of benzene rings is 3. The molecule has 0 saturated heterocycles. The van der Waals surface area contributed by atoms with Gasteiger partial charge in [-0.1, -0.05) is 43.0 Å². The molecule has 28 heavy (non-hydrogen) atoms. The Morgan fingerprint density at radius 1 is 0.964 bits per heavy atom. The average Bonchev–Trinajstić information content (AvgIpc) is 2.62. The van der Waals surface area contributed by atoms with Crippen LogP contribution >= 0.6 is 0 Å². The van der Waals surface area contributed by atoms with Crippen LogP contribution in [-0.2, 0) is 7.05 Å². The van der Waals surface area contributed by atoms with Gasteiger partial charge in [0.15, 0.2) is 11.2 Å². The number of rotatable bonds is 1. The predicted octanol–water partition coefficient (Wildman–Crippen LogP) is 5.15. The first-order valence-electron chi connectivity index (χ1n) is 9.80. The highest BCUT2D eigenvalue weighted by molar-refractivity contribution is 6.88. The van der Waals surface area contributed by atoms with Gasteiger partial charge in [-0.05, 0) is 58.9 Å². The summed E-state index contributed by atoms with van der Waals surface area (Å²) in [6.45, 7) is 11.5. The lowest BCUT2D eigenvalue weighted by atomic mass is 9.91. The Balaban J connectivity index is 1.95. The van der Waals surface area contributed by atoms with Gasteiger partial charge in [-0.15, -0.1) is 0 Å². The number of aromatic nitrogens is 2. The maximum atomic E-state index is 6.54. The van der Waals surface area contributed by atoms with Crippen LogP contribution in [0.25, 0.3) is 32.9 Å². The first kappa shape index (κ1) is 17.4. The Labute approximate surface area is 166 Å². The molecule has 1 aliphatic rings. The quantitative estimate of drug-likeness (QED) is 0.295. The molecule has 3 nitrogen and oxygen atoms in total. The van der Waals surface area contributed by atoms with Gasteiger partial charge in [0, 0.05) is 0 Å². The second-order valence-corrected chi connectivity index (χ2v) is 14.0. The smallest absolute Gasteiger partial charge is 0.287 e. The Bertz CT molecular complexity index is 1300. The zero-order valence-corrected chi connectivity index (χ0v) is 18.3. The number of aryl methyl sites for hydroxylation is 3. The van der Waals surface area contributed by atoms with E-state index in [1.165, 1.54) is 38.3 Å². The van der Waals surface area contributed by atoms with Crippen molar-refractivity contribution in [2.45, 2.75) is 33.5 Å². The summed E-state index contributed by atoms with van der Waals surface area (Å²) >= 11 is 0. The van der Waals surface area contributed by atoms with Crippen LogP contribution in [0, 0.1) is 13.8 Å². The highest BCUT2D eigenvalue weighted by Gasteiger charge is 2.31. The summed E-state index contributed by atoms with van der Waals surface area (Å²) in [6, 6.07) is 13.2. The highest BCUT2D eigenvalue weighted by atomic mass is 28.3. The van der Waals surface area contributed by atoms with Crippen molar-refractivity contribution >= 4 is 34.9 Å². The summed E-state index contributed by atoms with van der Waals surface area (Å²) in [7, 11) is 0.592. The van der Waals surface area contributed by atoms with E-state index in [1.54, 1.807) is 0 Å². The molecule has 0 aliphatic carbocycles. The summed E-state index contributed by atoms with van der Waals surface area (Å²) in [5, 5.41) is 5.04. The molecule has 5 rings (SSSR count). The lowest BCUT2D eigenvalue weighted by molar-refractivity contribution is -0.662. The molecule has 0 saturated carbocycles. The average molecular weight is 386 g/mol. The van der Waals surface area contributed by atoms with Gasteiger partial charge in [0.2, 0.25) is 0 Å². The van der Waals surface area contributed by atoms with Crippen molar-refractivity contribution in [2.24, 2.45) is 7.05 Å². The van der Waals surface area contributed by atoms with Gasteiger partial charge >= 0.3 is 0 Å². The van der Waals surface area contributed by atoms with E-state index in [9.17, 15) is 0 Å². The van der Waals surface area contributed by atoms with Crippen molar-refractivity contribution in [3.8, 4) is 22.8 Å². The largest absolute Gasteiger partial charge is 0.456 e. The van der Waals surface area contributed by atoms with Crippen LogP contribution in [0.3, 0.4) is 0 Å². The topological polar surface area (TPSA) is 26.0 Å². The zero-order chi connectivity index (χ0) is 19.8. The lowest BCUT2D eigenvalue weighted by Crippen LogP contribution is -2.38. The number of nitrogens with zero attached hydrogens (tertiary/aromatic N) is 2. The van der Waals surface area contributed by atoms with E-state index in [-0.39, 0.29) is 0 Å². The first-order valence-corrected chi connectivity index (χ1v) is 13.3. The Hall–Kier alpha value is -2.72. The molecule has 140 valence electrons. The first-order chi connectivity index (χ1) is 13.3. The molecular weight excluding hydrogens is 360 g/mol. The molecule has 0 amide bonds. The third kappa shape index (κ3) is 2.34. The van der Waals surface area contributed by atoms with Gasteiger partial charge in [0.05, 0.1) is 20.7 Å². The highest BCUT2D eigenvalue weighted by Crippen LogP contribution is 2.48. The van der Waals surface area contributed by atoms with Crippen LogP contribution in [0.2, 0.25) is 19.6 Å². The normalized spacial score (nSPS) is 12.9. The molecule has 0 unspecified atom stereocenters. The Morgan fingerprint density at radius 3 is 2.50 bits per heavy atom. The van der Waals surface area contributed by atoms with E-state index in [1.807, 2.05) is 6.33 Å². The molecule has 3 aromatic carbocycles. The maximum absolute atomic E-state index is 6.54. The minimum atomic E-state index is -1.49. The van der Waals surface area contributed by atoms with Gasteiger partial charge < -0.3 is 4.74 Å². The van der Waals surface area contributed by atoms with Crippen molar-refractivity contribution in [1.29, 1.82) is 0 Å². The molecule has 0 spiro atoms. The summed E-state index contributed by atoms with van der Waals surface area (Å²) in [5.41, 5.74) is 5.98. The molecule has 0 bridgehead atoms. The third-order valence-electron chi connectivity index (χ3n) is 5.95. The predicted molar refractivity (Wildman–Crippen MR) is 118 cm³/mol. The van der Waals surface area contributed by atoms with Crippen molar-refractivity contribution in [2.75, 3.05) is 0 Å². The van der Waals surface area contributed by atoms with Crippen LogP contribution in [0.4, 0.5) is 0 Å². The molecule has 4 heteroatoms. The summed E-state index contributed by atoms with van der Waals surface area (Å²) in [6.07, 6.45) is 1.94. The zero-order valence-electron chi connectivity index (χ0n) is 17.3. The fourth-order valence-electron chi connectivity index (χ4n) is 4.48. The molecule has 0 radical (unpaired) electrons. The molecule has 0 N–H and O–H groups in total. The molecule has 1 aliphatic heterocycles. The van der Waals surface area contributed by atoms with E-state index < -0.39 is 8.07 Å². The van der Waals surface area contributed by atoms with E-state index in [0.29, 0.717) is 0 Å². The third-order valence-corrected chi connectivity index (χ3v) is 7.97. The molecule has 0 fully saturated rings. The van der Waals surface area contributed by atoms with Crippen molar-refractivity contribution in [1.82, 2.24) is 4.98 Å². The lowest BCUT2D eigenvalue weighted by Gasteiger charge is -2.25. The summed E-state index contributed by atoms with van der Waals surface area (Å²) in [4.78, 5) is 4.75. The van der Waals surface area contributed by atoms with E-state index in [0.717, 1.165) is 22.4 Å². The molecule has 4 aromatic rings. The monoisotopic (exact) mass is 385 g/mol. The fraction of sp³-hybridized carbons (Fsp3) is 0.250. The van der Waals surface area contributed by atoms with E-state index in [4.69, 9.17) is 9.72 Å². The van der Waals surface area contributed by atoms with Gasteiger partial charge in [0.25, 0.3) is 6.33 Å². The molecule has 0 atom stereocenters. The van der Waals surface area contributed by atoms with Gasteiger partial charge in [-0.3, -0.25) is 0 Å². The van der Waals surface area contributed by atoms with Crippen LogP contribution in [-0.4, -0.2) is 13.1 Å². The van der Waals surface area contributed by atoms with Gasteiger partial charge in [0.1, 0.15) is 16.9 Å². The Morgan fingerprint density at radius 2 is 1.75 bits per heavy atom. The van der Waals surface area contributed by atoms with Crippen LogP contribution in [0.15, 0.2) is 42.7 Å². The number of hydrogen-bond donors (Lipinski definition) is 0. The Kier molecular flexibility index (Phi) is 3.50. The van der Waals surface area contributed by atoms with E-state index in [2.05, 4.69) is 81.5 Å². The number of fused-ring (bicyclic) bond motifs is 3. The second-order valence-electron chi connectivity index (χ2n) is 8.97. The number of hydrogen-bond acceptors (Lipinski definition) is 2. The molecular formula is C24H25N2OSi+. The van der Waals surface area contributed by atoms with Crippen LogP contribution < -0.4 is 14.5 Å². The number of ether oxygens (including phenoxy) is 1. The maximum Gasteiger partial charge on any atom is 0.287 e. The second kappa shape index (κ2) is 5.64. The van der Waals surface area contributed by atoms with Gasteiger partial charge in [-0.25, -0.2) is 4.57 Å². The van der Waals surface area contributed by atoms with Crippen LogP contribution in [0.1, 0.15) is 11.1 Å². The molecule has 1 aromatic heterocycles. The van der Waals surface area contributed by atoms with Crippen molar-refractivity contribution in [3.63, 3.8) is 0 Å². The van der Waals surface area contributed by atoms with Crippen molar-refractivity contribution in [3.05, 3.63) is 53.9 Å². The minimum absolute atomic E-state index is 0.938. The summed E-state index contributed by atoms with van der Waals surface area (Å²) < 4.78 is 8.68. The van der Waals surface area contributed by atoms with Gasteiger partial charge in [-0.2, -0.15) is 0 Å². The van der Waals surface area contributed by atoms with Crippen molar-refractivity contribution < 1.29 is 9.30 Å². The molecule has 2 heterocycles. The van der Waals surface area contributed by atoms with Crippen LogP contribution in [0.5, 0.6) is 11.5 Å². The minimum Gasteiger partial charge on any atom is -0.456 e. The SMILES string of the molecule is Cc1cccc2cc3c(c(C)c12)-c1c2c(cc([Si](C)(C)C)cc2nc[n+]1C)O3. The fourth-order valence-corrected chi connectivity index (χ4v) is 5.61.